The van der Waals surface area contributed by atoms with Gasteiger partial charge in [0.05, 0.1) is 19.3 Å². The molecule has 0 fully saturated rings. The number of hydrogen-bond donors (Lipinski definition) is 2. The second-order valence-corrected chi connectivity index (χ2v) is 10.4. The van der Waals surface area contributed by atoms with Crippen LogP contribution in [0.15, 0.2) is 72.6 Å². The highest BCUT2D eigenvalue weighted by Gasteiger charge is 2.26. The molecule has 36 heavy (non-hydrogen) atoms. The molecule has 0 heterocycles. The number of alkyl carbamates (subject to hydrolysis) is 1. The molecule has 0 aromatic heterocycles. The van der Waals surface area contributed by atoms with E-state index in [4.69, 9.17) is 13.8 Å². The highest BCUT2D eigenvalue weighted by Crippen LogP contribution is 2.50. The molecule has 0 spiro atoms. The number of rotatable bonds is 14. The minimum Gasteiger partial charge on any atom is -0.445 e. The van der Waals surface area contributed by atoms with Crippen LogP contribution in [-0.2, 0) is 29.8 Å². The van der Waals surface area contributed by atoms with Crippen LogP contribution in [0.4, 0.5) is 4.79 Å². The molecule has 0 radical (unpaired) electrons. The molecule has 2 rings (SSSR count). The maximum atomic E-state index is 13.3. The minimum atomic E-state index is -3.47. The molecule has 2 N–H and O–H groups in total. The zero-order chi connectivity index (χ0) is 26.4. The highest BCUT2D eigenvalue weighted by molar-refractivity contribution is 7.57. The predicted octanol–water partition coefficient (Wildman–Crippen LogP) is 5.96. The van der Waals surface area contributed by atoms with Gasteiger partial charge in [0.25, 0.3) is 0 Å². The molecule has 2 atom stereocenters. The van der Waals surface area contributed by atoms with E-state index < -0.39 is 25.8 Å². The second kappa shape index (κ2) is 15.2. The van der Waals surface area contributed by atoms with Crippen LogP contribution >= 0.6 is 7.60 Å². The summed E-state index contributed by atoms with van der Waals surface area (Å²) in [5.41, 5.74) is 1.62. The molecule has 8 nitrogen and oxygen atoms in total. The summed E-state index contributed by atoms with van der Waals surface area (Å²) >= 11 is 0. The van der Waals surface area contributed by atoms with Gasteiger partial charge in [0.15, 0.2) is 0 Å². The average Bonchev–Trinajstić information content (AvgIpc) is 2.86. The van der Waals surface area contributed by atoms with E-state index in [1.54, 1.807) is 19.9 Å². The lowest BCUT2D eigenvalue weighted by Crippen LogP contribution is -2.48. The van der Waals surface area contributed by atoms with Gasteiger partial charge in [-0.3, -0.25) is 9.36 Å². The predicted molar refractivity (Wildman–Crippen MR) is 140 cm³/mol. The van der Waals surface area contributed by atoms with Crippen molar-refractivity contribution in [2.45, 2.75) is 52.8 Å². The Morgan fingerprint density at radius 3 is 2.06 bits per heavy atom. The van der Waals surface area contributed by atoms with Crippen LogP contribution in [0.3, 0.4) is 0 Å². The Labute approximate surface area is 213 Å². The van der Waals surface area contributed by atoms with E-state index in [2.05, 4.69) is 10.6 Å². The van der Waals surface area contributed by atoms with Gasteiger partial charge in [-0.05, 0) is 43.4 Å². The van der Waals surface area contributed by atoms with Gasteiger partial charge in [-0.2, -0.15) is 0 Å². The molecule has 2 amide bonds. The van der Waals surface area contributed by atoms with E-state index in [0.29, 0.717) is 6.42 Å². The summed E-state index contributed by atoms with van der Waals surface area (Å²) in [5, 5.41) is 5.63. The molecular weight excluding hydrogens is 479 g/mol. The quantitative estimate of drug-likeness (QED) is 0.300. The molecule has 9 heteroatoms. The summed E-state index contributed by atoms with van der Waals surface area (Å²) < 4.78 is 28.9. The Bertz CT molecular complexity index is 1000. The van der Waals surface area contributed by atoms with Crippen LogP contribution in [0.1, 0.15) is 51.3 Å². The highest BCUT2D eigenvalue weighted by atomic mass is 31.2. The smallest absolute Gasteiger partial charge is 0.408 e. The average molecular weight is 517 g/mol. The molecule has 2 aromatic carbocycles. The van der Waals surface area contributed by atoms with Crippen molar-refractivity contribution in [1.82, 2.24) is 10.6 Å². The third-order valence-corrected chi connectivity index (χ3v) is 6.84. The van der Waals surface area contributed by atoms with Crippen LogP contribution in [0.2, 0.25) is 0 Å². The van der Waals surface area contributed by atoms with E-state index in [1.807, 2.05) is 74.5 Å². The Balaban J connectivity index is 2.17. The summed E-state index contributed by atoms with van der Waals surface area (Å²) in [4.78, 5) is 25.8. The summed E-state index contributed by atoms with van der Waals surface area (Å²) in [5.74, 6) is 1.12. The van der Waals surface area contributed by atoms with Crippen LogP contribution < -0.4 is 10.6 Å². The molecule has 0 saturated carbocycles. The van der Waals surface area contributed by atoms with E-state index in [1.165, 1.54) is 5.82 Å². The molecule has 0 bridgehead atoms. The van der Waals surface area contributed by atoms with Crippen LogP contribution in [0.25, 0.3) is 0 Å². The number of carbonyl (C=O) groups excluding carboxylic acids is 2. The number of nitrogens with one attached hydrogen (secondary N) is 2. The lowest BCUT2D eigenvalue weighted by Gasteiger charge is -2.23. The van der Waals surface area contributed by atoms with Crippen molar-refractivity contribution in [1.29, 1.82) is 0 Å². The maximum Gasteiger partial charge on any atom is 0.408 e. The van der Waals surface area contributed by atoms with E-state index in [0.717, 1.165) is 11.1 Å². The van der Waals surface area contributed by atoms with Gasteiger partial charge in [-0.25, -0.2) is 4.79 Å². The van der Waals surface area contributed by atoms with Gasteiger partial charge >= 0.3 is 13.7 Å². The Hall–Kier alpha value is -2.93. The van der Waals surface area contributed by atoms with Gasteiger partial charge in [0.2, 0.25) is 5.91 Å². The maximum absolute atomic E-state index is 13.3. The lowest BCUT2D eigenvalue weighted by molar-refractivity contribution is -0.124. The molecule has 0 aliphatic rings. The number of benzene rings is 2. The normalized spacial score (nSPS) is 13.4. The van der Waals surface area contributed by atoms with Crippen LogP contribution in [0, 0.1) is 5.92 Å². The minimum absolute atomic E-state index is 0.0994. The SMILES string of the molecule is CCOP(=O)(/C=C/C(NC(=O)[C@H](CC(C)C)NC(=O)OCc1ccccc1)c1ccccc1)OCC. The van der Waals surface area contributed by atoms with Crippen molar-refractivity contribution in [2.75, 3.05) is 13.2 Å². The van der Waals surface area contributed by atoms with E-state index >= 15 is 0 Å². The molecule has 2 aromatic rings. The fourth-order valence-electron chi connectivity index (χ4n) is 3.44. The molecule has 196 valence electrons. The molecule has 0 saturated heterocycles. The molecule has 0 aliphatic carbocycles. The van der Waals surface area contributed by atoms with Crippen molar-refractivity contribution in [3.63, 3.8) is 0 Å². The summed E-state index contributed by atoms with van der Waals surface area (Å²) in [7, 11) is -3.47. The first-order valence-corrected chi connectivity index (χ1v) is 13.8. The van der Waals surface area contributed by atoms with Gasteiger partial charge in [-0.15, -0.1) is 0 Å². The molecule has 0 aliphatic heterocycles. The van der Waals surface area contributed by atoms with Crippen molar-refractivity contribution in [3.8, 4) is 0 Å². The van der Waals surface area contributed by atoms with Gasteiger partial charge in [0.1, 0.15) is 12.6 Å². The summed E-state index contributed by atoms with van der Waals surface area (Å²) in [6.45, 7) is 7.93. The number of hydrogen-bond acceptors (Lipinski definition) is 6. The Kier molecular flexibility index (Phi) is 12.4. The van der Waals surface area contributed by atoms with E-state index in [-0.39, 0.29) is 31.6 Å². The first kappa shape index (κ1) is 29.3. The number of ether oxygens (including phenoxy) is 1. The van der Waals surface area contributed by atoms with Crippen LogP contribution in [-0.4, -0.2) is 31.3 Å². The molecular formula is C27H37N2O6P. The number of carbonyl (C=O) groups is 2. The summed E-state index contributed by atoms with van der Waals surface area (Å²) in [6, 6.07) is 17.1. The van der Waals surface area contributed by atoms with Crippen molar-refractivity contribution < 1.29 is 27.9 Å². The van der Waals surface area contributed by atoms with Crippen molar-refractivity contribution in [2.24, 2.45) is 5.92 Å². The topological polar surface area (TPSA) is 103 Å². The third-order valence-electron chi connectivity index (χ3n) is 5.06. The third kappa shape index (κ3) is 10.4. The largest absolute Gasteiger partial charge is 0.445 e. The zero-order valence-corrected chi connectivity index (χ0v) is 22.3. The standard InChI is InChI=1S/C27H37N2O6P/c1-5-34-36(32,35-6-2)18-17-24(23-15-11-8-12-16-23)28-26(30)25(19-21(3)4)29-27(31)33-20-22-13-9-7-10-14-22/h7-18,21,24-25H,5-6,19-20H2,1-4H3,(H,28,30)(H,29,31)/b18-17+/t24?,25-/m0/s1. The first-order valence-electron chi connectivity index (χ1n) is 12.2. The Morgan fingerprint density at radius 2 is 1.50 bits per heavy atom. The first-order chi connectivity index (χ1) is 17.3. The fraction of sp³-hybridized carbons (Fsp3) is 0.407. The molecule has 1 unspecified atom stereocenters. The van der Waals surface area contributed by atoms with Gasteiger partial charge in [-0.1, -0.05) is 74.5 Å². The fourth-order valence-corrected chi connectivity index (χ4v) is 4.79. The zero-order valence-electron chi connectivity index (χ0n) is 21.4. The second-order valence-electron chi connectivity index (χ2n) is 8.50. The van der Waals surface area contributed by atoms with Crippen molar-refractivity contribution >= 4 is 19.6 Å². The van der Waals surface area contributed by atoms with Crippen molar-refractivity contribution in [3.05, 3.63) is 83.7 Å². The van der Waals surface area contributed by atoms with Crippen LogP contribution in [0.5, 0.6) is 0 Å². The monoisotopic (exact) mass is 516 g/mol. The van der Waals surface area contributed by atoms with E-state index in [9.17, 15) is 14.2 Å². The van der Waals surface area contributed by atoms with Gasteiger partial charge in [0, 0.05) is 5.82 Å². The summed E-state index contributed by atoms with van der Waals surface area (Å²) in [6.07, 6.45) is 1.33. The number of amides is 2. The van der Waals surface area contributed by atoms with Gasteiger partial charge < -0.3 is 24.4 Å². The Morgan fingerprint density at radius 1 is 0.917 bits per heavy atom. The lowest BCUT2D eigenvalue weighted by atomic mass is 10.0.